The number of para-hydroxylation sites is 2. The second-order valence-corrected chi connectivity index (χ2v) is 21.0. The van der Waals surface area contributed by atoms with Gasteiger partial charge in [0.05, 0.1) is 0 Å². The van der Waals surface area contributed by atoms with Crippen LogP contribution in [-0.4, -0.2) is 32.9 Å². The first-order valence-corrected chi connectivity index (χ1v) is 23.3. The summed E-state index contributed by atoms with van der Waals surface area (Å²) in [6.07, 6.45) is 8.93. The first-order chi connectivity index (χ1) is 23.2. The van der Waals surface area contributed by atoms with Crippen LogP contribution in [0.5, 0.6) is 11.5 Å². The van der Waals surface area contributed by atoms with Crippen molar-refractivity contribution in [2.24, 2.45) is 17.8 Å². The predicted molar refractivity (Wildman–Crippen MR) is 202 cm³/mol. The van der Waals surface area contributed by atoms with E-state index in [1.54, 1.807) is 0 Å². The number of anilines is 1. The summed E-state index contributed by atoms with van der Waals surface area (Å²) in [6.45, 7) is 14.2. The van der Waals surface area contributed by atoms with Crippen molar-refractivity contribution in [3.05, 3.63) is 108 Å². The van der Waals surface area contributed by atoms with E-state index in [2.05, 4.69) is 79.2 Å². The van der Waals surface area contributed by atoms with Crippen molar-refractivity contribution >= 4 is 40.5 Å². The number of fused-ring (bicyclic) bond motifs is 1. The van der Waals surface area contributed by atoms with Gasteiger partial charge in [-0.2, -0.15) is 6.67 Å². The molecule has 0 atom stereocenters. The van der Waals surface area contributed by atoms with Gasteiger partial charge in [-0.05, 0) is 103 Å². The van der Waals surface area contributed by atoms with Gasteiger partial charge in [-0.1, -0.05) is 52.0 Å². The van der Waals surface area contributed by atoms with E-state index in [-0.39, 0.29) is 0 Å². The zero-order valence-electron chi connectivity index (χ0n) is 28.7. The third-order valence-electron chi connectivity index (χ3n) is 11.2. The Hall–Kier alpha value is -2.23. The van der Waals surface area contributed by atoms with Crippen molar-refractivity contribution in [2.45, 2.75) is 83.6 Å². The van der Waals surface area contributed by atoms with Crippen molar-refractivity contribution in [3.63, 3.8) is 0 Å². The van der Waals surface area contributed by atoms with Crippen LogP contribution in [-0.2, 0) is 13.5 Å². The number of hydrogen-bond donors (Lipinski definition) is 0. The van der Waals surface area contributed by atoms with Gasteiger partial charge < -0.3 is 9.80 Å². The summed E-state index contributed by atoms with van der Waals surface area (Å²) in [7, 11) is 11.8. The van der Waals surface area contributed by atoms with Crippen LogP contribution >= 0.6 is 19.4 Å². The van der Waals surface area contributed by atoms with Crippen LogP contribution in [0.1, 0.15) is 94.7 Å². The molecule has 3 nitrogen and oxygen atoms in total. The van der Waals surface area contributed by atoms with Crippen LogP contribution in [0.15, 0.2) is 84.9 Å². The fraction of sp³-hybridized carbons (Fsp3) is 0.429. The normalized spacial score (nSPS) is 25.0. The SMILES string of the molecule is CC(C)c1ccc2ccc(C(C)C)c(N3[CH-]N(C45CC6CC(CC(C6)C4)C5)CC3)c2c1.[Cl][Ru]([Cl])=[CH]c1ccccc1[OH+]c1ccccc1. The van der Waals surface area contributed by atoms with Crippen molar-refractivity contribution in [2.75, 3.05) is 18.0 Å². The molecule has 4 aromatic rings. The maximum atomic E-state index is 5.90. The fourth-order valence-electron chi connectivity index (χ4n) is 9.33. The molecule has 0 unspecified atom stereocenters. The fourth-order valence-corrected chi connectivity index (χ4v) is 11.1. The van der Waals surface area contributed by atoms with Gasteiger partial charge in [0.25, 0.3) is 0 Å². The number of aromatic hydroxyl groups is 2. The molecule has 0 radical (unpaired) electrons. The Labute approximate surface area is 301 Å². The van der Waals surface area contributed by atoms with E-state index in [0.29, 0.717) is 17.4 Å². The molecule has 4 aromatic carbocycles. The van der Waals surface area contributed by atoms with Crippen LogP contribution < -0.4 is 4.90 Å². The monoisotopic (exact) mass is 770 g/mol. The molecule has 0 aromatic heterocycles. The summed E-state index contributed by atoms with van der Waals surface area (Å²) >= 11 is -1.81. The molecule has 0 spiro atoms. The Balaban J connectivity index is 0.000000182. The number of ether oxygens (including phenoxy) is 1. The van der Waals surface area contributed by atoms with Crippen LogP contribution in [0.2, 0.25) is 0 Å². The van der Waals surface area contributed by atoms with Crippen molar-refractivity contribution in [1.82, 2.24) is 4.90 Å². The van der Waals surface area contributed by atoms with E-state index < -0.39 is 13.5 Å². The molecule has 1 N–H and O–H groups in total. The molecule has 4 saturated carbocycles. The number of halogens is 2. The number of benzene rings is 4. The number of rotatable bonds is 7. The Morgan fingerprint density at radius 3 is 2.08 bits per heavy atom. The van der Waals surface area contributed by atoms with Crippen LogP contribution in [0, 0.1) is 24.4 Å². The topological polar surface area (TPSA) is 19.3 Å². The summed E-state index contributed by atoms with van der Waals surface area (Å²) in [5.74, 6) is 5.94. The van der Waals surface area contributed by atoms with E-state index in [1.165, 1.54) is 72.7 Å². The van der Waals surface area contributed by atoms with Crippen molar-refractivity contribution < 1.29 is 18.3 Å². The molecular formula is C42H50Cl2N2ORu. The van der Waals surface area contributed by atoms with Gasteiger partial charge in [-0.15, -0.1) is 0 Å². The standard InChI is InChI=1S/C29H39N2.C13H10O.2ClH.Ru/c1-19(2)25-6-5-24-7-8-26(20(3)4)28(27(24)14-25)30-9-10-31(18-30)29-15-21-11-22(16-29)13-23(12-21)17-29;1-11-7-5-6-10-13(11)14-12-8-3-2-4-9-12;;;/h5-8,14,18-23H,9-13,15-17H2,1-4H3;1-10H;2*1H;/q-1;;;;+2/p-1. The van der Waals surface area contributed by atoms with Gasteiger partial charge in [0.1, 0.15) is 0 Å². The van der Waals surface area contributed by atoms with E-state index in [4.69, 9.17) is 19.4 Å². The molecule has 1 saturated heterocycles. The summed E-state index contributed by atoms with van der Waals surface area (Å²) in [4.78, 5) is 5.44. The van der Waals surface area contributed by atoms with Gasteiger partial charge >= 0.3 is 114 Å². The van der Waals surface area contributed by atoms with Crippen LogP contribution in [0.4, 0.5) is 5.69 Å². The van der Waals surface area contributed by atoms with Gasteiger partial charge in [0.2, 0.25) is 0 Å². The van der Waals surface area contributed by atoms with Crippen molar-refractivity contribution in [1.29, 1.82) is 0 Å². The molecule has 0 amide bonds. The third-order valence-corrected chi connectivity index (χ3v) is 13.1. The molecule has 9 rings (SSSR count). The molecule has 5 aliphatic rings. The average molecular weight is 771 g/mol. The Morgan fingerprint density at radius 1 is 0.792 bits per heavy atom. The first-order valence-electron chi connectivity index (χ1n) is 17.8. The molecule has 1 heterocycles. The van der Waals surface area contributed by atoms with Gasteiger partial charge in [0.15, 0.2) is 0 Å². The average Bonchev–Trinajstić information content (AvgIpc) is 3.56. The Bertz CT molecular complexity index is 1730. The van der Waals surface area contributed by atoms with Crippen LogP contribution in [0.3, 0.4) is 0 Å². The van der Waals surface area contributed by atoms with E-state index >= 15 is 0 Å². The summed E-state index contributed by atoms with van der Waals surface area (Å²) in [5, 5.41) is 2.83. The maximum absolute atomic E-state index is 5.90. The molecule has 4 aliphatic carbocycles. The van der Waals surface area contributed by atoms with Gasteiger partial charge in [0, 0.05) is 17.6 Å². The molecule has 4 bridgehead atoms. The Morgan fingerprint density at radius 2 is 1.44 bits per heavy atom. The molecule has 256 valence electrons. The second kappa shape index (κ2) is 14.6. The number of nitrogens with zero attached hydrogens (tertiary/aromatic N) is 2. The zero-order chi connectivity index (χ0) is 33.4. The first kappa shape index (κ1) is 34.2. The minimum atomic E-state index is -1.81. The minimum absolute atomic E-state index is 0.467. The van der Waals surface area contributed by atoms with Crippen LogP contribution in [0.25, 0.3) is 10.8 Å². The molecule has 1 aliphatic heterocycles. The van der Waals surface area contributed by atoms with Gasteiger partial charge in [-0.3, -0.25) is 0 Å². The van der Waals surface area contributed by atoms with E-state index in [1.807, 2.05) is 59.2 Å². The Kier molecular flexibility index (Phi) is 10.4. The second-order valence-electron chi connectivity index (χ2n) is 15.3. The van der Waals surface area contributed by atoms with Gasteiger partial charge in [-0.25, -0.2) is 0 Å². The summed E-state index contributed by atoms with van der Waals surface area (Å²) in [5.41, 5.74) is 5.89. The predicted octanol–water partition coefficient (Wildman–Crippen LogP) is 11.7. The number of hydrogen-bond acceptors (Lipinski definition) is 2. The molecule has 5 fully saturated rings. The summed E-state index contributed by atoms with van der Waals surface area (Å²) in [6, 6.07) is 29.5. The molecular weight excluding hydrogens is 720 g/mol. The van der Waals surface area contributed by atoms with E-state index in [9.17, 15) is 0 Å². The molecule has 48 heavy (non-hydrogen) atoms. The molecule has 6 heteroatoms. The van der Waals surface area contributed by atoms with Crippen molar-refractivity contribution in [3.8, 4) is 11.5 Å². The third kappa shape index (κ3) is 7.30. The van der Waals surface area contributed by atoms with E-state index in [0.717, 1.165) is 41.4 Å². The quantitative estimate of drug-likeness (QED) is 0.106. The summed E-state index contributed by atoms with van der Waals surface area (Å²) < 4.78 is 6.48. The zero-order valence-corrected chi connectivity index (χ0v) is 32.0.